The lowest BCUT2D eigenvalue weighted by molar-refractivity contribution is -0.661. The number of pyridine rings is 1. The van der Waals surface area contributed by atoms with Crippen LogP contribution in [-0.4, -0.2) is 32.3 Å². The van der Waals surface area contributed by atoms with Crippen molar-refractivity contribution in [2.45, 2.75) is 104 Å². The Bertz CT molecular complexity index is 1570. The van der Waals surface area contributed by atoms with Crippen molar-refractivity contribution in [2.24, 2.45) is 7.05 Å². The molecule has 0 spiro atoms. The minimum atomic E-state index is -2.18. The van der Waals surface area contributed by atoms with Crippen LogP contribution in [0.25, 0.3) is 22.4 Å². The van der Waals surface area contributed by atoms with Gasteiger partial charge in [-0.25, -0.2) is 4.57 Å². The van der Waals surface area contributed by atoms with Gasteiger partial charge in [0.1, 0.15) is 7.05 Å². The van der Waals surface area contributed by atoms with Crippen molar-refractivity contribution in [3.63, 3.8) is 0 Å². The molecular weight excluding hydrogens is 535 g/mol. The molecule has 0 unspecified atom stereocenters. The van der Waals surface area contributed by atoms with Crippen LogP contribution < -0.4 is 25.3 Å². The van der Waals surface area contributed by atoms with Gasteiger partial charge in [0.2, 0.25) is 5.69 Å². The van der Waals surface area contributed by atoms with Crippen LogP contribution in [0.15, 0.2) is 36.5 Å². The van der Waals surface area contributed by atoms with Crippen molar-refractivity contribution in [2.75, 3.05) is 0 Å². The molecular formula is C34H52NSi4+. The fourth-order valence-electron chi connectivity index (χ4n) is 8.52. The molecule has 0 fully saturated rings. The van der Waals surface area contributed by atoms with E-state index in [1.165, 1.54) is 22.5 Å². The van der Waals surface area contributed by atoms with Crippen molar-refractivity contribution in [3.05, 3.63) is 53.2 Å². The van der Waals surface area contributed by atoms with Crippen molar-refractivity contribution < 1.29 is 8.68 Å². The number of hydrogen-bond acceptors (Lipinski definition) is 0. The van der Waals surface area contributed by atoms with E-state index >= 15 is 0 Å². The fourth-order valence-corrected chi connectivity index (χ4v) is 39.6. The summed E-state index contributed by atoms with van der Waals surface area (Å²) in [6.45, 7) is 27.2. The Morgan fingerprint density at radius 1 is 0.718 bits per heavy atom. The Morgan fingerprint density at radius 3 is 1.72 bits per heavy atom. The molecule has 1 nitrogen and oxygen atoms in total. The molecule has 0 amide bonds. The molecule has 0 saturated carbocycles. The summed E-state index contributed by atoms with van der Waals surface area (Å²) < 4.78 is 28.6. The summed E-state index contributed by atoms with van der Waals surface area (Å²) in [4.78, 5) is 0. The molecule has 5 rings (SSSR count). The van der Waals surface area contributed by atoms with Gasteiger partial charge in [0.05, 0.1) is 32.3 Å². The number of fused-ring (bicyclic) bond motifs is 2. The number of benzene rings is 2. The second kappa shape index (κ2) is 8.73. The largest absolute Gasteiger partial charge is 0.212 e. The van der Waals surface area contributed by atoms with Crippen LogP contribution >= 0.6 is 0 Å². The zero-order valence-electron chi connectivity index (χ0n) is 29.8. The maximum atomic E-state index is 8.79. The van der Waals surface area contributed by atoms with E-state index in [4.69, 9.17) is 4.11 Å². The van der Waals surface area contributed by atoms with Crippen LogP contribution in [0.4, 0.5) is 0 Å². The van der Waals surface area contributed by atoms with Crippen molar-refractivity contribution in [1.82, 2.24) is 0 Å². The molecule has 0 aliphatic carbocycles. The third-order valence-electron chi connectivity index (χ3n) is 9.82. The van der Waals surface area contributed by atoms with Crippen LogP contribution in [0.5, 0.6) is 0 Å². The maximum absolute atomic E-state index is 8.79. The lowest BCUT2D eigenvalue weighted by Crippen LogP contribution is -2.57. The van der Waals surface area contributed by atoms with E-state index in [9.17, 15) is 0 Å². The van der Waals surface area contributed by atoms with E-state index in [1.54, 1.807) is 20.7 Å². The smallest absolute Gasteiger partial charge is 0.201 e. The SMILES string of the molecule is [2H]C([2H])([2H])c1cc(C)c(-c2ccc(C(C)(C)C)c[n+]2C)cc1-c1c2c(cc3c1[Si](C)(C)C[Si]3(C)C)[Si](C)(C)C[Si]2(C)C. The summed E-state index contributed by atoms with van der Waals surface area (Å²) in [7, 11) is -4.75. The molecule has 2 aliphatic rings. The van der Waals surface area contributed by atoms with Gasteiger partial charge in [0.25, 0.3) is 0 Å². The standard InChI is InChI=1S/C34H52NSi4/c1-23-17-24(2)27(18-26(23)28-16-15-25(20-35(28)6)34(3,4)5)31-32-29(36(7,8)21-38(32,11)12)19-30-33(31)39(13,14)22-37(30,9)10/h15-20H,21-22H2,1-14H3/q+1/i2D3. The molecule has 208 valence electrons. The van der Waals surface area contributed by atoms with E-state index < -0.39 is 39.1 Å². The van der Waals surface area contributed by atoms with Crippen molar-refractivity contribution >= 4 is 53.0 Å². The van der Waals surface area contributed by atoms with E-state index in [2.05, 4.69) is 122 Å². The first-order chi connectivity index (χ1) is 18.9. The Hall–Kier alpha value is -1.54. The summed E-state index contributed by atoms with van der Waals surface area (Å²) >= 11 is 0. The van der Waals surface area contributed by atoms with Crippen LogP contribution in [0.3, 0.4) is 0 Å². The molecule has 5 heteroatoms. The van der Waals surface area contributed by atoms with Gasteiger partial charge in [0, 0.05) is 21.3 Å². The highest BCUT2D eigenvalue weighted by Crippen LogP contribution is 2.38. The monoisotopic (exact) mass is 589 g/mol. The first-order valence-corrected chi connectivity index (χ1v) is 27.6. The van der Waals surface area contributed by atoms with Gasteiger partial charge in [-0.3, -0.25) is 0 Å². The average molecular weight is 590 g/mol. The molecule has 1 aromatic heterocycles. The number of nitrogens with zero attached hydrogens (tertiary/aromatic N) is 1. The zero-order chi connectivity index (χ0) is 31.6. The van der Waals surface area contributed by atoms with Crippen molar-refractivity contribution in [3.8, 4) is 22.4 Å². The number of rotatable bonds is 2. The fraction of sp³-hybridized carbons (Fsp3) is 0.500. The first-order valence-electron chi connectivity index (χ1n) is 16.3. The predicted molar refractivity (Wildman–Crippen MR) is 185 cm³/mol. The highest BCUT2D eigenvalue weighted by atomic mass is 28.4. The summed E-state index contributed by atoms with van der Waals surface area (Å²) in [6.07, 6.45) is 2.25. The van der Waals surface area contributed by atoms with E-state index in [-0.39, 0.29) is 5.41 Å². The van der Waals surface area contributed by atoms with E-state index in [0.717, 1.165) is 22.4 Å². The van der Waals surface area contributed by atoms with Crippen LogP contribution in [0.2, 0.25) is 63.7 Å². The van der Waals surface area contributed by atoms with Crippen LogP contribution in [-0.2, 0) is 12.5 Å². The predicted octanol–water partition coefficient (Wildman–Crippen LogP) is 6.53. The van der Waals surface area contributed by atoms with Gasteiger partial charge in [-0.15, -0.1) is 0 Å². The molecule has 0 saturated heterocycles. The summed E-state index contributed by atoms with van der Waals surface area (Å²) in [5, 5.41) is 6.52. The third kappa shape index (κ3) is 4.56. The zero-order valence-corrected chi connectivity index (χ0v) is 30.8. The van der Waals surface area contributed by atoms with Gasteiger partial charge < -0.3 is 0 Å². The molecule has 2 aliphatic heterocycles. The van der Waals surface area contributed by atoms with Crippen LogP contribution in [0.1, 0.15) is 41.6 Å². The summed E-state index contributed by atoms with van der Waals surface area (Å²) in [5.41, 5.74) is 10.3. The minimum Gasteiger partial charge on any atom is -0.201 e. The number of hydrogen-bond donors (Lipinski definition) is 0. The first kappa shape index (κ1) is 25.2. The second-order valence-corrected chi connectivity index (χ2v) is 36.3. The molecule has 0 atom stereocenters. The Morgan fingerprint density at radius 2 is 1.26 bits per heavy atom. The highest BCUT2D eigenvalue weighted by molar-refractivity contribution is 7.18. The molecule has 39 heavy (non-hydrogen) atoms. The van der Waals surface area contributed by atoms with Gasteiger partial charge in [-0.2, -0.15) is 0 Å². The molecule has 0 N–H and O–H groups in total. The Labute approximate surface area is 247 Å². The Balaban J connectivity index is 1.95. The summed E-state index contributed by atoms with van der Waals surface area (Å²) in [5.74, 6) is 0. The molecule has 2 aromatic carbocycles. The number of aromatic nitrogens is 1. The third-order valence-corrected chi connectivity index (χ3v) is 31.9. The Kier molecular flexibility index (Phi) is 5.64. The quantitative estimate of drug-likeness (QED) is 0.236. The van der Waals surface area contributed by atoms with Crippen LogP contribution in [0, 0.1) is 13.8 Å². The van der Waals surface area contributed by atoms with E-state index in [0.29, 0.717) is 5.56 Å². The molecule has 3 aromatic rings. The lowest BCUT2D eigenvalue weighted by atomic mass is 9.87. The molecule has 0 bridgehead atoms. The van der Waals surface area contributed by atoms with E-state index in [1.807, 2.05) is 6.07 Å². The highest BCUT2D eigenvalue weighted by Gasteiger charge is 2.53. The van der Waals surface area contributed by atoms with Gasteiger partial charge in [-0.1, -0.05) is 117 Å². The number of aryl methyl sites for hydroxylation is 3. The topological polar surface area (TPSA) is 3.88 Å². The summed E-state index contributed by atoms with van der Waals surface area (Å²) in [6, 6.07) is 11.5. The van der Waals surface area contributed by atoms with Gasteiger partial charge in [-0.05, 0) is 53.6 Å². The second-order valence-electron chi connectivity index (χ2n) is 16.4. The molecule has 3 heterocycles. The maximum Gasteiger partial charge on any atom is 0.212 e. The van der Waals surface area contributed by atoms with Crippen molar-refractivity contribution in [1.29, 1.82) is 0 Å². The molecule has 0 radical (unpaired) electrons. The van der Waals surface area contributed by atoms with Gasteiger partial charge >= 0.3 is 0 Å². The normalized spacial score (nSPS) is 21.6. The minimum absolute atomic E-state index is 0.0621. The average Bonchev–Trinajstić information content (AvgIpc) is 3.11. The van der Waals surface area contributed by atoms with Gasteiger partial charge in [0.15, 0.2) is 6.20 Å². The lowest BCUT2D eigenvalue weighted by Gasteiger charge is -2.30.